The number of ether oxygens (including phenoxy) is 6. The maximum atomic E-state index is 14.5. The van der Waals surface area contributed by atoms with Crippen LogP contribution >= 0.6 is 11.6 Å². The van der Waals surface area contributed by atoms with Gasteiger partial charge in [0.1, 0.15) is 42.5 Å². The predicted molar refractivity (Wildman–Crippen MR) is 217 cm³/mol. The Morgan fingerprint density at radius 2 is 1.14 bits per heavy atom. The standard InChI is InChI=1S/C48H44ClFO7/c49-42-27-43(53-29-36-15-7-2-8-16-36)41(26-39(42)25-34-21-23-40(24-22-34)56-33-50)46-48(55-31-38-19-11-4-12-20-38)47(54-30-37-17-9-3-10-18-37)45(51)44(57-46)32-52-28-35-13-5-1-6-14-35/h1-24,26-27,44,46-48H,25,28-33H2/t44-,46+,47+,48+/m1/s1. The Balaban J connectivity index is 1.28. The van der Waals surface area contributed by atoms with Gasteiger partial charge in [0, 0.05) is 10.6 Å². The lowest BCUT2D eigenvalue weighted by Gasteiger charge is -2.41. The van der Waals surface area contributed by atoms with Crippen LogP contribution in [0.2, 0.25) is 5.02 Å². The van der Waals surface area contributed by atoms with E-state index in [4.69, 9.17) is 40.0 Å². The largest absolute Gasteiger partial charge is 0.488 e. The second kappa shape index (κ2) is 20.2. The molecule has 1 heterocycles. The lowest BCUT2D eigenvalue weighted by Crippen LogP contribution is -2.54. The minimum Gasteiger partial charge on any atom is -0.488 e. The van der Waals surface area contributed by atoms with Crippen molar-refractivity contribution in [2.45, 2.75) is 57.3 Å². The highest BCUT2D eigenvalue weighted by molar-refractivity contribution is 6.31. The van der Waals surface area contributed by atoms with Gasteiger partial charge >= 0.3 is 0 Å². The molecule has 7 rings (SSSR count). The van der Waals surface area contributed by atoms with Gasteiger partial charge in [-0.15, -0.1) is 0 Å². The molecule has 57 heavy (non-hydrogen) atoms. The molecular weight excluding hydrogens is 743 g/mol. The zero-order valence-electron chi connectivity index (χ0n) is 31.4. The topological polar surface area (TPSA) is 72.5 Å². The Morgan fingerprint density at radius 1 is 0.596 bits per heavy atom. The summed E-state index contributed by atoms with van der Waals surface area (Å²) in [5.74, 6) is 0.640. The molecule has 1 aliphatic heterocycles. The number of alkyl halides is 1. The summed E-state index contributed by atoms with van der Waals surface area (Å²) >= 11 is 7.03. The highest BCUT2D eigenvalue weighted by Gasteiger charge is 2.48. The number of hydrogen-bond acceptors (Lipinski definition) is 7. The lowest BCUT2D eigenvalue weighted by molar-refractivity contribution is -0.213. The Kier molecular flexibility index (Phi) is 14.1. The third kappa shape index (κ3) is 10.9. The van der Waals surface area contributed by atoms with Crippen LogP contribution in [0, 0.1) is 0 Å². The van der Waals surface area contributed by atoms with Gasteiger partial charge in [-0.05, 0) is 64.1 Å². The number of halogens is 2. The smallest absolute Gasteiger partial charge is 0.228 e. The number of hydrogen-bond donors (Lipinski definition) is 0. The van der Waals surface area contributed by atoms with Crippen molar-refractivity contribution < 1.29 is 37.6 Å². The van der Waals surface area contributed by atoms with Crippen molar-refractivity contribution >= 4 is 17.4 Å². The molecule has 1 fully saturated rings. The van der Waals surface area contributed by atoms with Crippen molar-refractivity contribution in [3.8, 4) is 11.5 Å². The van der Waals surface area contributed by atoms with E-state index in [0.29, 0.717) is 35.1 Å². The van der Waals surface area contributed by atoms with Gasteiger partial charge in [0.25, 0.3) is 0 Å². The van der Waals surface area contributed by atoms with Gasteiger partial charge in [-0.3, -0.25) is 4.79 Å². The molecule has 0 unspecified atom stereocenters. The van der Waals surface area contributed by atoms with Crippen molar-refractivity contribution in [1.82, 2.24) is 0 Å². The Hall–Kier alpha value is -5.35. The molecule has 0 radical (unpaired) electrons. The lowest BCUT2D eigenvalue weighted by atomic mass is 9.89. The molecule has 6 aromatic rings. The van der Waals surface area contributed by atoms with Gasteiger partial charge in [-0.25, -0.2) is 4.39 Å². The van der Waals surface area contributed by atoms with Gasteiger partial charge in [0.2, 0.25) is 6.86 Å². The maximum absolute atomic E-state index is 14.5. The summed E-state index contributed by atoms with van der Waals surface area (Å²) in [5, 5.41) is 0.485. The van der Waals surface area contributed by atoms with E-state index in [2.05, 4.69) is 0 Å². The van der Waals surface area contributed by atoms with Crippen LogP contribution in [0.5, 0.6) is 11.5 Å². The van der Waals surface area contributed by atoms with E-state index in [-0.39, 0.29) is 32.2 Å². The molecule has 4 atom stereocenters. The summed E-state index contributed by atoms with van der Waals surface area (Å²) < 4.78 is 50.7. The number of benzene rings is 6. The Morgan fingerprint density at radius 3 is 1.72 bits per heavy atom. The van der Waals surface area contributed by atoms with Crippen LogP contribution in [0.1, 0.15) is 45.0 Å². The van der Waals surface area contributed by atoms with E-state index in [1.165, 1.54) is 0 Å². The number of carbonyl (C=O) groups excluding carboxylic acids is 1. The highest BCUT2D eigenvalue weighted by Crippen LogP contribution is 2.42. The van der Waals surface area contributed by atoms with Crippen molar-refractivity contribution in [2.24, 2.45) is 0 Å². The SMILES string of the molecule is O=C1[C@@H](COCc2ccccc2)O[C@@H](c2cc(Cc3ccc(OCF)cc3)c(Cl)cc2OCc2ccccc2)[C@H](OCc2ccccc2)[C@H]1OCc1ccccc1. The summed E-state index contributed by atoms with van der Waals surface area (Å²) in [5.41, 5.74) is 6.15. The molecule has 0 spiro atoms. The third-order valence-corrected chi connectivity index (χ3v) is 10.1. The normalized spacial score (nSPS) is 18.0. The minimum atomic E-state index is -1.03. The summed E-state index contributed by atoms with van der Waals surface area (Å²) in [6.07, 6.45) is -3.31. The fourth-order valence-electron chi connectivity index (χ4n) is 6.76. The first kappa shape index (κ1) is 39.9. The molecule has 0 N–H and O–H groups in total. The molecule has 0 aromatic heterocycles. The van der Waals surface area contributed by atoms with Crippen LogP contribution in [-0.4, -0.2) is 37.6 Å². The van der Waals surface area contributed by atoms with Gasteiger partial charge in [0.05, 0.1) is 26.4 Å². The van der Waals surface area contributed by atoms with E-state index in [0.717, 1.165) is 33.4 Å². The second-order valence-electron chi connectivity index (χ2n) is 13.8. The van der Waals surface area contributed by atoms with Crippen LogP contribution in [0.25, 0.3) is 0 Å². The molecule has 292 valence electrons. The van der Waals surface area contributed by atoms with Crippen LogP contribution in [0.15, 0.2) is 158 Å². The molecule has 1 aliphatic rings. The average molecular weight is 787 g/mol. The van der Waals surface area contributed by atoms with Gasteiger partial charge < -0.3 is 28.4 Å². The van der Waals surface area contributed by atoms with Gasteiger partial charge in [0.15, 0.2) is 5.78 Å². The highest BCUT2D eigenvalue weighted by atomic mass is 35.5. The number of rotatable bonds is 18. The molecule has 0 amide bonds. The summed E-state index contributed by atoms with van der Waals surface area (Å²) in [6, 6.07) is 50.1. The third-order valence-electron chi connectivity index (χ3n) is 9.71. The molecule has 0 saturated carbocycles. The monoisotopic (exact) mass is 786 g/mol. The predicted octanol–water partition coefficient (Wildman–Crippen LogP) is 10.2. The van der Waals surface area contributed by atoms with Gasteiger partial charge in [-0.1, -0.05) is 145 Å². The quantitative estimate of drug-likeness (QED) is 0.0859. The average Bonchev–Trinajstić information content (AvgIpc) is 3.25. The zero-order valence-corrected chi connectivity index (χ0v) is 32.1. The van der Waals surface area contributed by atoms with E-state index < -0.39 is 31.3 Å². The first-order chi connectivity index (χ1) is 28.0. The first-order valence-electron chi connectivity index (χ1n) is 18.9. The van der Waals surface area contributed by atoms with Crippen molar-refractivity contribution in [3.05, 3.63) is 202 Å². The molecule has 0 aliphatic carbocycles. The van der Waals surface area contributed by atoms with Crippen LogP contribution in [0.3, 0.4) is 0 Å². The number of Topliss-reactive ketones (excluding diaryl/α,β-unsaturated/α-hetero) is 1. The molecule has 7 nitrogen and oxygen atoms in total. The summed E-state index contributed by atoms with van der Waals surface area (Å²) in [7, 11) is 0. The second-order valence-corrected chi connectivity index (χ2v) is 14.2. The van der Waals surface area contributed by atoms with Crippen LogP contribution in [0.4, 0.5) is 4.39 Å². The maximum Gasteiger partial charge on any atom is 0.228 e. The van der Waals surface area contributed by atoms with Gasteiger partial charge in [-0.2, -0.15) is 0 Å². The Labute approximate surface area is 337 Å². The van der Waals surface area contributed by atoms with E-state index in [9.17, 15) is 9.18 Å². The molecule has 9 heteroatoms. The Bertz CT molecular complexity index is 2140. The summed E-state index contributed by atoms with van der Waals surface area (Å²) in [6.45, 7) is 0.0245. The van der Waals surface area contributed by atoms with Crippen molar-refractivity contribution in [1.29, 1.82) is 0 Å². The molecule has 6 aromatic carbocycles. The summed E-state index contributed by atoms with van der Waals surface area (Å²) in [4.78, 5) is 14.5. The van der Waals surface area contributed by atoms with E-state index >= 15 is 0 Å². The van der Waals surface area contributed by atoms with E-state index in [1.54, 1.807) is 18.2 Å². The molecule has 1 saturated heterocycles. The fourth-order valence-corrected chi connectivity index (χ4v) is 6.98. The molecule has 0 bridgehead atoms. The first-order valence-corrected chi connectivity index (χ1v) is 19.3. The zero-order chi connectivity index (χ0) is 39.2. The van der Waals surface area contributed by atoms with Crippen LogP contribution < -0.4 is 9.47 Å². The van der Waals surface area contributed by atoms with E-state index in [1.807, 2.05) is 140 Å². The number of ketones is 1. The fraction of sp³-hybridized carbons (Fsp3) is 0.229. The number of carbonyl (C=O) groups is 1. The van der Waals surface area contributed by atoms with Crippen molar-refractivity contribution in [3.63, 3.8) is 0 Å². The minimum absolute atomic E-state index is 0.00518. The van der Waals surface area contributed by atoms with Crippen molar-refractivity contribution in [2.75, 3.05) is 13.5 Å². The molecular formula is C48H44ClFO7. The van der Waals surface area contributed by atoms with Crippen LogP contribution in [-0.2, 0) is 56.6 Å².